The van der Waals surface area contributed by atoms with Crippen molar-refractivity contribution in [2.75, 3.05) is 17.7 Å². The summed E-state index contributed by atoms with van der Waals surface area (Å²) in [5.41, 5.74) is 1.99. The van der Waals surface area contributed by atoms with E-state index in [-0.39, 0.29) is 11.2 Å². The molecule has 13 nitrogen and oxygen atoms in total. The molecule has 0 saturated heterocycles. The van der Waals surface area contributed by atoms with Crippen molar-refractivity contribution in [2.45, 2.75) is 55.7 Å². The molecule has 14 heteroatoms. The van der Waals surface area contributed by atoms with E-state index in [0.717, 1.165) is 53.1 Å². The Morgan fingerprint density at radius 3 is 2.59 bits per heavy atom. The number of hydrogen-bond donors (Lipinski definition) is 3. The summed E-state index contributed by atoms with van der Waals surface area (Å²) in [4.78, 5) is 26.6. The number of nitrogens with one attached hydrogen (secondary N) is 3. The third kappa shape index (κ3) is 5.38. The van der Waals surface area contributed by atoms with Gasteiger partial charge in [0.25, 0.3) is 10.0 Å². The van der Waals surface area contributed by atoms with Gasteiger partial charge in [0.05, 0.1) is 28.9 Å². The summed E-state index contributed by atoms with van der Waals surface area (Å²) < 4.78 is 27.8. The first kappa shape index (κ1) is 26.9. The molecule has 2 saturated carbocycles. The molecule has 41 heavy (non-hydrogen) atoms. The van der Waals surface area contributed by atoms with Gasteiger partial charge in [0.2, 0.25) is 5.91 Å². The largest absolute Gasteiger partial charge is 0.371 e. The summed E-state index contributed by atoms with van der Waals surface area (Å²) in [6, 6.07) is 5.46. The van der Waals surface area contributed by atoms with Gasteiger partial charge in [0.15, 0.2) is 5.82 Å². The van der Waals surface area contributed by atoms with Crippen molar-refractivity contribution in [1.29, 1.82) is 0 Å². The molecule has 3 N–H and O–H groups in total. The van der Waals surface area contributed by atoms with Gasteiger partial charge >= 0.3 is 0 Å². The Morgan fingerprint density at radius 2 is 1.88 bits per heavy atom. The summed E-state index contributed by atoms with van der Waals surface area (Å²) in [5, 5.41) is 17.9. The van der Waals surface area contributed by atoms with Crippen LogP contribution in [0.5, 0.6) is 0 Å². The smallest absolute Gasteiger partial charge is 0.256 e. The highest BCUT2D eigenvalue weighted by atomic mass is 32.2. The second kappa shape index (κ2) is 10.6. The maximum atomic E-state index is 13.1. The van der Waals surface area contributed by atoms with Crippen molar-refractivity contribution < 1.29 is 13.2 Å². The fourth-order valence-electron chi connectivity index (χ4n) is 5.23. The lowest BCUT2D eigenvalue weighted by Gasteiger charge is -2.37. The predicted molar refractivity (Wildman–Crippen MR) is 154 cm³/mol. The Hall–Kier alpha value is -4.33. The molecule has 214 valence electrons. The highest BCUT2D eigenvalue weighted by Gasteiger charge is 2.40. The Balaban J connectivity index is 1.31. The number of aromatic nitrogens is 7. The summed E-state index contributed by atoms with van der Waals surface area (Å²) in [6.07, 6.45) is 13.8. The van der Waals surface area contributed by atoms with E-state index in [1.54, 1.807) is 30.2 Å². The van der Waals surface area contributed by atoms with Crippen molar-refractivity contribution in [3.63, 3.8) is 0 Å². The highest BCUT2D eigenvalue weighted by Crippen LogP contribution is 2.37. The molecule has 0 unspecified atom stereocenters. The van der Waals surface area contributed by atoms with Gasteiger partial charge in [-0.2, -0.15) is 14.3 Å². The molecule has 2 aliphatic carbocycles. The third-order valence-electron chi connectivity index (χ3n) is 7.57. The van der Waals surface area contributed by atoms with Crippen LogP contribution in [-0.2, 0) is 21.9 Å². The van der Waals surface area contributed by atoms with Crippen LogP contribution < -0.4 is 16.0 Å². The van der Waals surface area contributed by atoms with Gasteiger partial charge < -0.3 is 16.0 Å². The van der Waals surface area contributed by atoms with Crippen molar-refractivity contribution in [2.24, 2.45) is 7.05 Å². The second-order valence-electron chi connectivity index (χ2n) is 10.6. The molecule has 0 bridgehead atoms. The Labute approximate surface area is 237 Å². The van der Waals surface area contributed by atoms with Gasteiger partial charge in [-0.15, -0.1) is 0 Å². The standard InChI is InChI=1S/C27H32N10O3S/c1-28-26(38)27(10-4-3-5-11-27)34-22-14-24(30-16-20(22)21-9-13-36(2)35-21)32-23-8-12-29-25(33-23)18-15-31-37(17-18)41(39,40)19-6-7-19/h8-9,12-17,19H,3-7,10-11H2,1-2H3,(H,28,38)(H2,29,30,32,33,34). The van der Waals surface area contributed by atoms with Crippen LogP contribution in [0.2, 0.25) is 0 Å². The van der Waals surface area contributed by atoms with E-state index in [2.05, 4.69) is 41.1 Å². The molecule has 0 atom stereocenters. The summed E-state index contributed by atoms with van der Waals surface area (Å²) >= 11 is 0. The molecule has 4 heterocycles. The van der Waals surface area contributed by atoms with Crippen LogP contribution in [0.4, 0.5) is 17.3 Å². The maximum absolute atomic E-state index is 13.1. The van der Waals surface area contributed by atoms with Gasteiger partial charge in [-0.3, -0.25) is 9.48 Å². The monoisotopic (exact) mass is 576 g/mol. The van der Waals surface area contributed by atoms with E-state index in [4.69, 9.17) is 0 Å². The minimum atomic E-state index is -3.49. The summed E-state index contributed by atoms with van der Waals surface area (Å²) in [6.45, 7) is 0. The number of pyridine rings is 1. The number of carbonyl (C=O) groups is 1. The number of aryl methyl sites for hydroxylation is 1. The average Bonchev–Trinajstić information content (AvgIpc) is 3.57. The lowest BCUT2D eigenvalue weighted by Crippen LogP contribution is -2.52. The predicted octanol–water partition coefficient (Wildman–Crippen LogP) is 3.08. The van der Waals surface area contributed by atoms with Crippen LogP contribution in [0, 0.1) is 0 Å². The molecular weight excluding hydrogens is 544 g/mol. The van der Waals surface area contributed by atoms with E-state index < -0.39 is 15.6 Å². The van der Waals surface area contributed by atoms with Crippen molar-refractivity contribution in [3.8, 4) is 22.6 Å². The van der Waals surface area contributed by atoms with Crippen LogP contribution in [-0.4, -0.2) is 66.1 Å². The van der Waals surface area contributed by atoms with Crippen LogP contribution in [0.3, 0.4) is 0 Å². The summed E-state index contributed by atoms with van der Waals surface area (Å²) in [7, 11) is 0.0309. The van der Waals surface area contributed by atoms with E-state index in [1.165, 1.54) is 12.4 Å². The quantitative estimate of drug-likeness (QED) is 0.270. The van der Waals surface area contributed by atoms with Gasteiger partial charge in [0.1, 0.15) is 17.2 Å². The number of rotatable bonds is 9. The molecule has 0 spiro atoms. The molecule has 2 aliphatic rings. The molecule has 6 rings (SSSR count). The van der Waals surface area contributed by atoms with Gasteiger partial charge in [-0.1, -0.05) is 19.3 Å². The molecular formula is C27H32N10O3S. The minimum Gasteiger partial charge on any atom is -0.371 e. The minimum absolute atomic E-state index is 0.0415. The zero-order valence-electron chi connectivity index (χ0n) is 22.9. The molecule has 0 radical (unpaired) electrons. The van der Waals surface area contributed by atoms with Crippen LogP contribution in [0.1, 0.15) is 44.9 Å². The fraction of sp³-hybridized carbons (Fsp3) is 0.407. The Kier molecular flexibility index (Phi) is 6.93. The molecule has 0 aromatic carbocycles. The molecule has 2 fully saturated rings. The summed E-state index contributed by atoms with van der Waals surface area (Å²) in [5.74, 6) is 1.26. The van der Waals surface area contributed by atoms with Crippen molar-refractivity contribution in [1.82, 2.24) is 39.2 Å². The van der Waals surface area contributed by atoms with Crippen LogP contribution in [0.25, 0.3) is 22.6 Å². The van der Waals surface area contributed by atoms with Gasteiger partial charge in [-0.25, -0.2) is 23.4 Å². The Bertz CT molecular complexity index is 1690. The lowest BCUT2D eigenvalue weighted by molar-refractivity contribution is -0.126. The first-order chi connectivity index (χ1) is 19.8. The van der Waals surface area contributed by atoms with E-state index >= 15 is 0 Å². The molecule has 4 aromatic heterocycles. The topological polar surface area (TPSA) is 162 Å². The fourth-order valence-corrected chi connectivity index (χ4v) is 6.70. The highest BCUT2D eigenvalue weighted by molar-refractivity contribution is 7.90. The van der Waals surface area contributed by atoms with Crippen molar-refractivity contribution >= 4 is 33.3 Å². The molecule has 1 amide bonds. The normalized spacial score (nSPS) is 16.7. The first-order valence-electron chi connectivity index (χ1n) is 13.7. The number of nitrogens with zero attached hydrogens (tertiary/aromatic N) is 7. The first-order valence-corrected chi connectivity index (χ1v) is 15.2. The van der Waals surface area contributed by atoms with Crippen LogP contribution in [0.15, 0.2) is 49.2 Å². The number of anilines is 3. The maximum Gasteiger partial charge on any atom is 0.256 e. The van der Waals surface area contributed by atoms with Gasteiger partial charge in [-0.05, 0) is 37.8 Å². The van der Waals surface area contributed by atoms with E-state index in [1.807, 2.05) is 25.4 Å². The van der Waals surface area contributed by atoms with Crippen LogP contribution >= 0.6 is 0 Å². The van der Waals surface area contributed by atoms with Gasteiger partial charge in [0, 0.05) is 50.0 Å². The zero-order valence-corrected chi connectivity index (χ0v) is 23.7. The number of hydrogen-bond acceptors (Lipinski definition) is 10. The molecule has 4 aromatic rings. The SMILES string of the molecule is CNC(=O)C1(Nc2cc(Nc3ccnc(-c4cnn(S(=O)(=O)C5CC5)c4)n3)ncc2-c2ccn(C)n2)CCCCC1. The third-order valence-corrected chi connectivity index (χ3v) is 9.61. The average molecular weight is 577 g/mol. The second-order valence-corrected chi connectivity index (χ2v) is 12.6. The molecule has 0 aliphatic heterocycles. The van der Waals surface area contributed by atoms with Crippen molar-refractivity contribution in [3.05, 3.63) is 49.2 Å². The lowest BCUT2D eigenvalue weighted by atomic mass is 9.80. The number of likely N-dealkylation sites (N-methyl/N-ethyl adjacent to an activating group) is 1. The zero-order chi connectivity index (χ0) is 28.6. The number of carbonyl (C=O) groups excluding carboxylic acids is 1. The van der Waals surface area contributed by atoms with E-state index in [0.29, 0.717) is 35.9 Å². The Morgan fingerprint density at radius 1 is 1.07 bits per heavy atom. The van der Waals surface area contributed by atoms with E-state index in [9.17, 15) is 13.2 Å². The number of amides is 1.